The summed E-state index contributed by atoms with van der Waals surface area (Å²) in [5.74, 6) is 0.0105. The highest BCUT2D eigenvalue weighted by Gasteiger charge is 2.47. The fourth-order valence-corrected chi connectivity index (χ4v) is 3.46. The molecular weight excluding hydrogens is 306 g/mol. The number of pyridine rings is 1. The number of rotatable bonds is 5. The third-order valence-electron chi connectivity index (χ3n) is 4.74. The second-order valence-corrected chi connectivity index (χ2v) is 7.16. The van der Waals surface area contributed by atoms with Crippen molar-refractivity contribution in [3.63, 3.8) is 0 Å². The predicted octanol–water partition coefficient (Wildman–Crippen LogP) is 1.23. The molecule has 2 fully saturated rings. The van der Waals surface area contributed by atoms with Crippen molar-refractivity contribution in [1.82, 2.24) is 14.8 Å². The summed E-state index contributed by atoms with van der Waals surface area (Å²) in [6.45, 7) is 5.55. The topological polar surface area (TPSA) is 54.9 Å². The van der Waals surface area contributed by atoms with Gasteiger partial charge in [0.15, 0.2) is 0 Å². The van der Waals surface area contributed by atoms with E-state index in [1.54, 1.807) is 19.0 Å². The Morgan fingerprint density at radius 2 is 2.25 bits per heavy atom. The average molecular weight is 333 g/mol. The van der Waals surface area contributed by atoms with Crippen LogP contribution in [0, 0.1) is 6.92 Å². The average Bonchev–Trinajstić information content (AvgIpc) is 2.51. The molecule has 2 saturated heterocycles. The van der Waals surface area contributed by atoms with Gasteiger partial charge in [-0.15, -0.1) is 0 Å². The quantitative estimate of drug-likeness (QED) is 0.811. The lowest BCUT2D eigenvalue weighted by Crippen LogP contribution is -2.65. The van der Waals surface area contributed by atoms with Gasteiger partial charge < -0.3 is 14.4 Å². The van der Waals surface area contributed by atoms with E-state index in [1.807, 2.05) is 13.0 Å². The van der Waals surface area contributed by atoms with Gasteiger partial charge in [0.1, 0.15) is 6.61 Å². The maximum Gasteiger partial charge on any atom is 0.248 e. The summed E-state index contributed by atoms with van der Waals surface area (Å²) < 4.78 is 11.8. The van der Waals surface area contributed by atoms with Gasteiger partial charge in [0.05, 0.1) is 17.4 Å². The van der Waals surface area contributed by atoms with Crippen LogP contribution in [0.5, 0.6) is 0 Å². The highest BCUT2D eigenvalue weighted by molar-refractivity contribution is 5.76. The monoisotopic (exact) mass is 333 g/mol. The van der Waals surface area contributed by atoms with Crippen molar-refractivity contribution in [3.05, 3.63) is 29.6 Å². The second-order valence-electron chi connectivity index (χ2n) is 7.16. The first kappa shape index (κ1) is 17.3. The second kappa shape index (κ2) is 7.17. The molecule has 1 spiro atoms. The number of ether oxygens (including phenoxy) is 2. The van der Waals surface area contributed by atoms with Gasteiger partial charge >= 0.3 is 0 Å². The van der Waals surface area contributed by atoms with E-state index in [-0.39, 0.29) is 24.2 Å². The Hall–Kier alpha value is -1.50. The lowest BCUT2D eigenvalue weighted by atomic mass is 9.84. The van der Waals surface area contributed by atoms with Crippen LogP contribution in [0.4, 0.5) is 0 Å². The molecule has 0 unspecified atom stereocenters. The molecule has 0 radical (unpaired) electrons. The van der Waals surface area contributed by atoms with Crippen molar-refractivity contribution in [2.24, 2.45) is 0 Å². The number of aromatic nitrogens is 1. The maximum absolute atomic E-state index is 11.7. The number of nitrogens with zero attached hydrogens (tertiary/aromatic N) is 3. The Bertz CT molecular complexity index is 585. The fraction of sp³-hybridized carbons (Fsp3) is 0.667. The number of likely N-dealkylation sites (N-methyl/N-ethyl adjacent to an activating group) is 1. The predicted molar refractivity (Wildman–Crippen MR) is 90.6 cm³/mol. The number of hydrogen-bond donors (Lipinski definition) is 0. The van der Waals surface area contributed by atoms with Crippen LogP contribution < -0.4 is 0 Å². The zero-order valence-electron chi connectivity index (χ0n) is 14.8. The van der Waals surface area contributed by atoms with Crippen molar-refractivity contribution >= 4 is 5.91 Å². The Labute approximate surface area is 143 Å². The van der Waals surface area contributed by atoms with Gasteiger partial charge in [-0.05, 0) is 25.5 Å². The maximum atomic E-state index is 11.7. The van der Waals surface area contributed by atoms with Gasteiger partial charge in [-0.2, -0.15) is 0 Å². The summed E-state index contributed by atoms with van der Waals surface area (Å²) in [5, 5.41) is 0. The molecule has 1 aromatic heterocycles. The van der Waals surface area contributed by atoms with Gasteiger partial charge in [0, 0.05) is 52.5 Å². The van der Waals surface area contributed by atoms with Crippen LogP contribution in [-0.2, 0) is 20.8 Å². The summed E-state index contributed by atoms with van der Waals surface area (Å²) in [5.41, 5.74) is 2.05. The first-order valence-corrected chi connectivity index (χ1v) is 8.56. The van der Waals surface area contributed by atoms with Crippen LogP contribution in [-0.4, -0.2) is 72.8 Å². The van der Waals surface area contributed by atoms with E-state index in [0.29, 0.717) is 6.61 Å². The zero-order valence-corrected chi connectivity index (χ0v) is 14.8. The molecule has 2 aliphatic heterocycles. The van der Waals surface area contributed by atoms with E-state index in [0.717, 1.165) is 43.9 Å². The molecular formula is C18H27N3O3. The molecule has 24 heavy (non-hydrogen) atoms. The van der Waals surface area contributed by atoms with Gasteiger partial charge in [0.2, 0.25) is 5.91 Å². The minimum atomic E-state index is -0.103. The molecule has 3 rings (SSSR count). The molecule has 1 aromatic rings. The summed E-state index contributed by atoms with van der Waals surface area (Å²) in [4.78, 5) is 20.1. The van der Waals surface area contributed by atoms with Crippen molar-refractivity contribution in [2.45, 2.75) is 38.0 Å². The number of carbonyl (C=O) groups is 1. The Balaban J connectivity index is 1.47. The van der Waals surface area contributed by atoms with E-state index >= 15 is 0 Å². The van der Waals surface area contributed by atoms with Crippen LogP contribution in [0.1, 0.15) is 24.2 Å². The van der Waals surface area contributed by atoms with Gasteiger partial charge in [0.25, 0.3) is 0 Å². The first-order chi connectivity index (χ1) is 11.5. The standard InChI is InChI=1S/C18H27N3O3/c1-14-5-4-6-15(19-14)10-21-12-18(13-21)9-16(7-8-24-18)23-11-17(22)20(2)3/h4-6,16H,7-13H2,1-3H3/t16-/m0/s1. The molecule has 6 heteroatoms. The SMILES string of the molecule is Cc1cccc(CN2CC3(C[C@@H](OCC(=O)N(C)C)CCO3)C2)n1. The number of carbonyl (C=O) groups excluding carboxylic acids is 1. The molecule has 0 aromatic carbocycles. The Morgan fingerprint density at radius 3 is 2.96 bits per heavy atom. The normalized spacial score (nSPS) is 23.0. The third kappa shape index (κ3) is 4.12. The van der Waals surface area contributed by atoms with Crippen LogP contribution in [0.3, 0.4) is 0 Å². The van der Waals surface area contributed by atoms with Crippen molar-refractivity contribution in [3.8, 4) is 0 Å². The Kier molecular flexibility index (Phi) is 5.18. The van der Waals surface area contributed by atoms with Crippen LogP contribution in [0.25, 0.3) is 0 Å². The van der Waals surface area contributed by atoms with Gasteiger partial charge in [-0.25, -0.2) is 0 Å². The summed E-state index contributed by atoms with van der Waals surface area (Å²) in [7, 11) is 3.50. The van der Waals surface area contributed by atoms with Crippen LogP contribution in [0.2, 0.25) is 0 Å². The largest absolute Gasteiger partial charge is 0.372 e. The minimum Gasteiger partial charge on any atom is -0.372 e. The van der Waals surface area contributed by atoms with E-state index in [2.05, 4.69) is 22.0 Å². The van der Waals surface area contributed by atoms with Crippen molar-refractivity contribution in [2.75, 3.05) is 40.4 Å². The molecule has 0 saturated carbocycles. The molecule has 132 valence electrons. The van der Waals surface area contributed by atoms with Crippen molar-refractivity contribution in [1.29, 1.82) is 0 Å². The molecule has 2 aliphatic rings. The number of hydrogen-bond acceptors (Lipinski definition) is 5. The Morgan fingerprint density at radius 1 is 1.46 bits per heavy atom. The van der Waals surface area contributed by atoms with E-state index in [1.165, 1.54) is 0 Å². The molecule has 1 amide bonds. The van der Waals surface area contributed by atoms with Gasteiger partial charge in [-0.3, -0.25) is 14.7 Å². The molecule has 0 aliphatic carbocycles. The highest BCUT2D eigenvalue weighted by Crippen LogP contribution is 2.35. The van der Waals surface area contributed by atoms with Crippen molar-refractivity contribution < 1.29 is 14.3 Å². The van der Waals surface area contributed by atoms with E-state index in [4.69, 9.17) is 9.47 Å². The van der Waals surface area contributed by atoms with E-state index < -0.39 is 0 Å². The first-order valence-electron chi connectivity index (χ1n) is 8.56. The van der Waals surface area contributed by atoms with Crippen LogP contribution >= 0.6 is 0 Å². The molecule has 3 heterocycles. The lowest BCUT2D eigenvalue weighted by Gasteiger charge is -2.53. The van der Waals surface area contributed by atoms with Crippen LogP contribution in [0.15, 0.2) is 18.2 Å². The number of amides is 1. The summed E-state index contributed by atoms with van der Waals surface area (Å²) in [6.07, 6.45) is 1.84. The smallest absolute Gasteiger partial charge is 0.248 e. The highest BCUT2D eigenvalue weighted by atomic mass is 16.5. The molecule has 0 N–H and O–H groups in total. The molecule has 6 nitrogen and oxygen atoms in total. The molecule has 1 atom stereocenters. The third-order valence-corrected chi connectivity index (χ3v) is 4.74. The number of likely N-dealkylation sites (tertiary alicyclic amines) is 1. The zero-order chi connectivity index (χ0) is 17.2. The minimum absolute atomic E-state index is 0.0105. The number of aryl methyl sites for hydroxylation is 1. The van der Waals surface area contributed by atoms with E-state index in [9.17, 15) is 4.79 Å². The lowest BCUT2D eigenvalue weighted by molar-refractivity contribution is -0.200. The summed E-state index contributed by atoms with van der Waals surface area (Å²) >= 11 is 0. The van der Waals surface area contributed by atoms with Gasteiger partial charge in [-0.1, -0.05) is 6.07 Å². The molecule has 0 bridgehead atoms. The fourth-order valence-electron chi connectivity index (χ4n) is 3.46. The summed E-state index contributed by atoms with van der Waals surface area (Å²) in [6, 6.07) is 6.14.